The number of hydrogen-bond donors (Lipinski definition) is 1. The van der Waals surface area contributed by atoms with E-state index in [1.54, 1.807) is 14.0 Å². The fourth-order valence-electron chi connectivity index (χ4n) is 2.96. The molecule has 132 valence electrons. The fraction of sp³-hybridized carbons (Fsp3) is 0.368. The standard InChI is InChI=1S/C19H22N2O4/c1-13-9-16(22)10-18(23)20(13)12-19(24)21(15-7-8-15)11-14-5-3-4-6-17(14)25-2/h3-6,9-10,15,22H,7-8,11-12H2,1-2H3. The third kappa shape index (κ3) is 3.84. The molecule has 1 aromatic heterocycles. The molecule has 1 aliphatic rings. The summed E-state index contributed by atoms with van der Waals surface area (Å²) in [6.07, 6.45) is 1.95. The van der Waals surface area contributed by atoms with Crippen LogP contribution in [0.15, 0.2) is 41.2 Å². The molecular weight excluding hydrogens is 320 g/mol. The highest BCUT2D eigenvalue weighted by atomic mass is 16.5. The minimum absolute atomic E-state index is 0.0312. The van der Waals surface area contributed by atoms with Crippen LogP contribution in [-0.2, 0) is 17.9 Å². The average molecular weight is 342 g/mol. The molecule has 1 N–H and O–H groups in total. The van der Waals surface area contributed by atoms with E-state index in [0.29, 0.717) is 12.2 Å². The lowest BCUT2D eigenvalue weighted by Gasteiger charge is -2.24. The van der Waals surface area contributed by atoms with Gasteiger partial charge in [-0.25, -0.2) is 0 Å². The summed E-state index contributed by atoms with van der Waals surface area (Å²) in [5.74, 6) is 0.558. The second-order valence-electron chi connectivity index (χ2n) is 6.34. The van der Waals surface area contributed by atoms with E-state index >= 15 is 0 Å². The Bertz CT molecular complexity index is 840. The maximum Gasteiger partial charge on any atom is 0.254 e. The van der Waals surface area contributed by atoms with Gasteiger partial charge in [-0.15, -0.1) is 0 Å². The number of benzene rings is 1. The predicted octanol–water partition coefficient (Wildman–Crippen LogP) is 2.06. The van der Waals surface area contributed by atoms with Crippen molar-refractivity contribution in [1.29, 1.82) is 0 Å². The van der Waals surface area contributed by atoms with Gasteiger partial charge in [0.1, 0.15) is 18.0 Å². The zero-order valence-electron chi connectivity index (χ0n) is 14.4. The van der Waals surface area contributed by atoms with E-state index in [1.807, 2.05) is 29.2 Å². The number of amides is 1. The van der Waals surface area contributed by atoms with Crippen molar-refractivity contribution in [3.63, 3.8) is 0 Å². The zero-order valence-corrected chi connectivity index (χ0v) is 14.4. The summed E-state index contributed by atoms with van der Waals surface area (Å²) in [6.45, 7) is 2.13. The van der Waals surface area contributed by atoms with E-state index in [9.17, 15) is 14.7 Å². The molecule has 0 unspecified atom stereocenters. The molecule has 6 heteroatoms. The predicted molar refractivity (Wildman–Crippen MR) is 93.7 cm³/mol. The molecule has 1 heterocycles. The number of rotatable bonds is 6. The maximum absolute atomic E-state index is 12.9. The van der Waals surface area contributed by atoms with Crippen LogP contribution in [0.5, 0.6) is 11.5 Å². The molecule has 1 fully saturated rings. The molecule has 1 aromatic carbocycles. The molecule has 0 radical (unpaired) electrons. The van der Waals surface area contributed by atoms with Gasteiger partial charge < -0.3 is 19.3 Å². The van der Waals surface area contributed by atoms with E-state index < -0.39 is 0 Å². The minimum atomic E-state index is -0.376. The molecule has 1 amide bonds. The summed E-state index contributed by atoms with van der Waals surface area (Å²) in [6, 6.07) is 10.5. The first-order chi connectivity index (χ1) is 12.0. The Balaban J connectivity index is 1.82. The number of aromatic hydroxyl groups is 1. The Hall–Kier alpha value is -2.76. The van der Waals surface area contributed by atoms with Crippen molar-refractivity contribution >= 4 is 5.91 Å². The summed E-state index contributed by atoms with van der Waals surface area (Å²) >= 11 is 0. The van der Waals surface area contributed by atoms with Crippen LogP contribution >= 0.6 is 0 Å². The highest BCUT2D eigenvalue weighted by Crippen LogP contribution is 2.30. The summed E-state index contributed by atoms with van der Waals surface area (Å²) in [4.78, 5) is 26.7. The first-order valence-corrected chi connectivity index (χ1v) is 8.31. The molecule has 25 heavy (non-hydrogen) atoms. The van der Waals surface area contributed by atoms with Crippen molar-refractivity contribution in [2.45, 2.75) is 38.9 Å². The summed E-state index contributed by atoms with van der Waals surface area (Å²) in [7, 11) is 1.61. The highest BCUT2D eigenvalue weighted by molar-refractivity contribution is 5.77. The Morgan fingerprint density at radius 3 is 2.68 bits per heavy atom. The van der Waals surface area contributed by atoms with Crippen LogP contribution in [0.1, 0.15) is 24.1 Å². The van der Waals surface area contributed by atoms with Crippen LogP contribution < -0.4 is 10.3 Å². The number of hydrogen-bond acceptors (Lipinski definition) is 4. The third-order valence-corrected chi connectivity index (χ3v) is 4.45. The number of ether oxygens (including phenoxy) is 1. The molecule has 0 aliphatic heterocycles. The van der Waals surface area contributed by atoms with Crippen LogP contribution in [0.3, 0.4) is 0 Å². The van der Waals surface area contributed by atoms with E-state index in [1.165, 1.54) is 10.6 Å². The monoisotopic (exact) mass is 342 g/mol. The largest absolute Gasteiger partial charge is 0.508 e. The highest BCUT2D eigenvalue weighted by Gasteiger charge is 2.33. The molecule has 0 saturated heterocycles. The number of aromatic nitrogens is 1. The van der Waals surface area contributed by atoms with E-state index in [2.05, 4.69) is 0 Å². The SMILES string of the molecule is COc1ccccc1CN(C(=O)Cn1c(C)cc(O)cc1=O)C1CC1. The van der Waals surface area contributed by atoms with Crippen molar-refractivity contribution in [3.8, 4) is 11.5 Å². The van der Waals surface area contributed by atoms with Crippen molar-refractivity contribution < 1.29 is 14.6 Å². The van der Waals surface area contributed by atoms with Gasteiger partial charge in [-0.05, 0) is 31.9 Å². The fourth-order valence-corrected chi connectivity index (χ4v) is 2.96. The van der Waals surface area contributed by atoms with Gasteiger partial charge in [0.05, 0.1) is 7.11 Å². The first kappa shape index (κ1) is 17.1. The van der Waals surface area contributed by atoms with Gasteiger partial charge in [0.2, 0.25) is 5.91 Å². The van der Waals surface area contributed by atoms with Gasteiger partial charge in [-0.2, -0.15) is 0 Å². The second-order valence-corrected chi connectivity index (χ2v) is 6.34. The van der Waals surface area contributed by atoms with Crippen LogP contribution in [0.4, 0.5) is 0 Å². The molecule has 3 rings (SSSR count). The van der Waals surface area contributed by atoms with Crippen LogP contribution in [0.2, 0.25) is 0 Å². The van der Waals surface area contributed by atoms with Crippen molar-refractivity contribution in [1.82, 2.24) is 9.47 Å². The number of carbonyl (C=O) groups excluding carboxylic acids is 1. The molecular formula is C19H22N2O4. The minimum Gasteiger partial charge on any atom is -0.508 e. The van der Waals surface area contributed by atoms with Crippen molar-refractivity contribution in [3.05, 3.63) is 58.0 Å². The summed E-state index contributed by atoms with van der Waals surface area (Å²) in [5.41, 5.74) is 1.13. The van der Waals surface area contributed by atoms with Crippen LogP contribution in [-0.4, -0.2) is 33.6 Å². The van der Waals surface area contributed by atoms with Gasteiger partial charge in [0, 0.05) is 29.9 Å². The van der Waals surface area contributed by atoms with Gasteiger partial charge >= 0.3 is 0 Å². The molecule has 1 saturated carbocycles. The number of nitrogens with zero attached hydrogens (tertiary/aromatic N) is 2. The average Bonchev–Trinajstić information content (AvgIpc) is 3.40. The van der Waals surface area contributed by atoms with E-state index in [-0.39, 0.29) is 29.8 Å². The smallest absolute Gasteiger partial charge is 0.254 e. The van der Waals surface area contributed by atoms with Gasteiger partial charge in [0.25, 0.3) is 5.56 Å². The topological polar surface area (TPSA) is 71.8 Å². The Kier molecular flexibility index (Phi) is 4.79. The zero-order chi connectivity index (χ0) is 18.0. The van der Waals surface area contributed by atoms with Crippen LogP contribution in [0.25, 0.3) is 0 Å². The molecule has 2 aromatic rings. The number of carbonyl (C=O) groups is 1. The van der Waals surface area contributed by atoms with Gasteiger partial charge in [0.15, 0.2) is 0 Å². The molecule has 6 nitrogen and oxygen atoms in total. The first-order valence-electron chi connectivity index (χ1n) is 8.31. The number of pyridine rings is 1. The van der Waals surface area contributed by atoms with Gasteiger partial charge in [-0.3, -0.25) is 9.59 Å². The Labute approximate surface area is 146 Å². The lowest BCUT2D eigenvalue weighted by molar-refractivity contribution is -0.133. The Morgan fingerprint density at radius 1 is 1.32 bits per heavy atom. The van der Waals surface area contributed by atoms with E-state index in [0.717, 1.165) is 30.2 Å². The molecule has 0 bridgehead atoms. The van der Waals surface area contributed by atoms with Crippen molar-refractivity contribution in [2.24, 2.45) is 0 Å². The number of methoxy groups -OCH3 is 1. The second kappa shape index (κ2) is 7.01. The van der Waals surface area contributed by atoms with Gasteiger partial charge in [-0.1, -0.05) is 18.2 Å². The van der Waals surface area contributed by atoms with Crippen molar-refractivity contribution in [2.75, 3.05) is 7.11 Å². The third-order valence-electron chi connectivity index (χ3n) is 4.45. The molecule has 1 aliphatic carbocycles. The lowest BCUT2D eigenvalue weighted by atomic mass is 10.2. The Morgan fingerprint density at radius 2 is 2.04 bits per heavy atom. The number of aryl methyl sites for hydroxylation is 1. The summed E-state index contributed by atoms with van der Waals surface area (Å²) in [5, 5.41) is 9.49. The molecule has 0 spiro atoms. The lowest BCUT2D eigenvalue weighted by Crippen LogP contribution is -2.38. The van der Waals surface area contributed by atoms with Crippen LogP contribution in [0, 0.1) is 6.92 Å². The molecule has 0 atom stereocenters. The normalized spacial score (nSPS) is 13.5. The maximum atomic E-state index is 12.9. The van der Waals surface area contributed by atoms with E-state index in [4.69, 9.17) is 4.74 Å². The quantitative estimate of drug-likeness (QED) is 0.872. The number of para-hydroxylation sites is 1. The summed E-state index contributed by atoms with van der Waals surface area (Å²) < 4.78 is 6.76.